The van der Waals surface area contributed by atoms with Gasteiger partial charge in [-0.2, -0.15) is 10.2 Å². The highest BCUT2D eigenvalue weighted by Gasteiger charge is 2.16. The van der Waals surface area contributed by atoms with Gasteiger partial charge in [0.05, 0.1) is 19.0 Å². The van der Waals surface area contributed by atoms with Crippen LogP contribution in [0.3, 0.4) is 0 Å². The summed E-state index contributed by atoms with van der Waals surface area (Å²) >= 11 is 0. The lowest BCUT2D eigenvalue weighted by atomic mass is 10.1. The molecular formula is C19H18N4O2. The maximum absolute atomic E-state index is 12.3. The minimum atomic E-state index is -0.341. The quantitative estimate of drug-likeness (QED) is 0.556. The molecule has 1 amide bonds. The molecule has 0 saturated heterocycles. The first-order chi connectivity index (χ1) is 12.2. The largest absolute Gasteiger partial charge is 0.497 e. The molecule has 6 heteroatoms. The Morgan fingerprint density at radius 1 is 1.20 bits per heavy atom. The number of ether oxygens (including phenoxy) is 1. The molecule has 3 aromatic rings. The molecule has 25 heavy (non-hydrogen) atoms. The van der Waals surface area contributed by atoms with E-state index in [2.05, 4.69) is 20.7 Å². The summed E-state index contributed by atoms with van der Waals surface area (Å²) in [7, 11) is 1.60. The summed E-state index contributed by atoms with van der Waals surface area (Å²) in [4.78, 5) is 12.3. The first kappa shape index (κ1) is 16.4. The van der Waals surface area contributed by atoms with Gasteiger partial charge in [-0.15, -0.1) is 0 Å². The van der Waals surface area contributed by atoms with Crippen LogP contribution in [-0.2, 0) is 0 Å². The second-order valence-electron chi connectivity index (χ2n) is 5.41. The summed E-state index contributed by atoms with van der Waals surface area (Å²) in [5.74, 6) is 0.388. The molecule has 0 radical (unpaired) electrons. The van der Waals surface area contributed by atoms with Gasteiger partial charge in [0.25, 0.3) is 5.91 Å². The van der Waals surface area contributed by atoms with Gasteiger partial charge in [-0.1, -0.05) is 42.5 Å². The Balaban J connectivity index is 1.72. The predicted molar refractivity (Wildman–Crippen MR) is 96.8 cm³/mol. The Morgan fingerprint density at radius 2 is 2.00 bits per heavy atom. The van der Waals surface area contributed by atoms with Crippen LogP contribution in [-0.4, -0.2) is 29.4 Å². The average Bonchev–Trinajstić information content (AvgIpc) is 3.04. The van der Waals surface area contributed by atoms with E-state index in [1.165, 1.54) is 0 Å². The van der Waals surface area contributed by atoms with Gasteiger partial charge in [0, 0.05) is 11.1 Å². The average molecular weight is 334 g/mol. The Labute approximate surface area is 145 Å². The van der Waals surface area contributed by atoms with Crippen molar-refractivity contribution in [2.45, 2.75) is 6.92 Å². The third-order valence-electron chi connectivity index (χ3n) is 3.76. The number of H-pyrrole nitrogens is 1. The second kappa shape index (κ2) is 7.44. The summed E-state index contributed by atoms with van der Waals surface area (Å²) in [5.41, 5.74) is 6.21. The molecule has 0 aliphatic carbocycles. The van der Waals surface area contributed by atoms with Crippen LogP contribution in [0, 0.1) is 6.92 Å². The SMILES string of the molecule is COc1cccc(C=NNC(=O)c2[nH]nc(-c3ccccc3)c2C)c1. The molecule has 0 saturated carbocycles. The van der Waals surface area contributed by atoms with E-state index in [0.717, 1.165) is 28.1 Å². The van der Waals surface area contributed by atoms with Crippen molar-refractivity contribution < 1.29 is 9.53 Å². The molecule has 0 atom stereocenters. The van der Waals surface area contributed by atoms with Crippen molar-refractivity contribution in [3.63, 3.8) is 0 Å². The lowest BCUT2D eigenvalue weighted by Gasteiger charge is -2.01. The third-order valence-corrected chi connectivity index (χ3v) is 3.76. The number of carbonyl (C=O) groups excluding carboxylic acids is 1. The van der Waals surface area contributed by atoms with Crippen molar-refractivity contribution in [1.29, 1.82) is 0 Å². The van der Waals surface area contributed by atoms with Crippen molar-refractivity contribution >= 4 is 12.1 Å². The highest BCUT2D eigenvalue weighted by Crippen LogP contribution is 2.22. The molecule has 0 spiro atoms. The van der Waals surface area contributed by atoms with Crippen molar-refractivity contribution in [2.24, 2.45) is 5.10 Å². The van der Waals surface area contributed by atoms with Crippen molar-refractivity contribution in [3.8, 4) is 17.0 Å². The standard InChI is InChI=1S/C19H18N4O2/c1-13-17(15-8-4-3-5-9-15)21-22-18(13)19(24)23-20-12-14-7-6-10-16(11-14)25-2/h3-12H,1-2H3,(H,21,22)(H,23,24). The fourth-order valence-corrected chi connectivity index (χ4v) is 2.44. The zero-order chi connectivity index (χ0) is 17.6. The topological polar surface area (TPSA) is 79.4 Å². The third kappa shape index (κ3) is 3.74. The van der Waals surface area contributed by atoms with Crippen LogP contribution < -0.4 is 10.2 Å². The van der Waals surface area contributed by atoms with Crippen LogP contribution in [0.25, 0.3) is 11.3 Å². The van der Waals surface area contributed by atoms with E-state index in [9.17, 15) is 4.79 Å². The van der Waals surface area contributed by atoms with E-state index in [1.807, 2.05) is 61.5 Å². The minimum Gasteiger partial charge on any atom is -0.497 e. The van der Waals surface area contributed by atoms with Crippen LogP contribution >= 0.6 is 0 Å². The second-order valence-corrected chi connectivity index (χ2v) is 5.41. The molecule has 126 valence electrons. The Bertz CT molecular complexity index is 901. The van der Waals surface area contributed by atoms with Gasteiger partial charge in [-0.3, -0.25) is 9.89 Å². The molecule has 1 aromatic heterocycles. The summed E-state index contributed by atoms with van der Waals surface area (Å²) < 4.78 is 5.15. The van der Waals surface area contributed by atoms with Crippen molar-refractivity contribution in [1.82, 2.24) is 15.6 Å². The van der Waals surface area contributed by atoms with E-state index in [-0.39, 0.29) is 5.91 Å². The van der Waals surface area contributed by atoms with E-state index in [4.69, 9.17) is 4.74 Å². The molecule has 0 unspecified atom stereocenters. The van der Waals surface area contributed by atoms with Crippen molar-refractivity contribution in [3.05, 3.63) is 71.4 Å². The highest BCUT2D eigenvalue weighted by atomic mass is 16.5. The molecule has 0 bridgehead atoms. The van der Waals surface area contributed by atoms with E-state index < -0.39 is 0 Å². The first-order valence-corrected chi connectivity index (χ1v) is 7.77. The van der Waals surface area contributed by atoms with Crippen LogP contribution in [0.2, 0.25) is 0 Å². The van der Waals surface area contributed by atoms with Crippen molar-refractivity contribution in [2.75, 3.05) is 7.11 Å². The van der Waals surface area contributed by atoms with Gasteiger partial charge in [0.1, 0.15) is 11.4 Å². The number of rotatable bonds is 5. The zero-order valence-corrected chi connectivity index (χ0v) is 14.0. The number of hydrazone groups is 1. The number of amides is 1. The van der Waals surface area contributed by atoms with Gasteiger partial charge in [-0.25, -0.2) is 5.43 Å². The first-order valence-electron chi connectivity index (χ1n) is 7.77. The number of aromatic nitrogens is 2. The molecule has 0 fully saturated rings. The van der Waals surface area contributed by atoms with E-state index in [0.29, 0.717) is 5.69 Å². The number of aromatic amines is 1. The van der Waals surface area contributed by atoms with Crippen LogP contribution in [0.4, 0.5) is 0 Å². The highest BCUT2D eigenvalue weighted by molar-refractivity contribution is 5.96. The smallest absolute Gasteiger partial charge is 0.289 e. The lowest BCUT2D eigenvalue weighted by molar-refractivity contribution is 0.0949. The molecular weight excluding hydrogens is 316 g/mol. The van der Waals surface area contributed by atoms with Gasteiger partial charge in [0.15, 0.2) is 0 Å². The Kier molecular flexibility index (Phi) is 4.89. The van der Waals surface area contributed by atoms with Crippen LogP contribution in [0.15, 0.2) is 59.7 Å². The number of benzene rings is 2. The number of nitrogens with one attached hydrogen (secondary N) is 2. The summed E-state index contributed by atoms with van der Waals surface area (Å²) in [6, 6.07) is 17.1. The summed E-state index contributed by atoms with van der Waals surface area (Å²) in [6.07, 6.45) is 1.56. The van der Waals surface area contributed by atoms with Gasteiger partial charge < -0.3 is 4.74 Å². The molecule has 2 aromatic carbocycles. The predicted octanol–water partition coefficient (Wildman–Crippen LogP) is 3.16. The number of nitrogens with zero attached hydrogens (tertiary/aromatic N) is 2. The Hall–Kier alpha value is -3.41. The summed E-state index contributed by atoms with van der Waals surface area (Å²) in [6.45, 7) is 1.85. The normalized spacial score (nSPS) is 10.8. The van der Waals surface area contributed by atoms with E-state index in [1.54, 1.807) is 13.3 Å². The molecule has 0 aliphatic heterocycles. The molecule has 0 aliphatic rings. The van der Waals surface area contributed by atoms with Gasteiger partial charge in [0.2, 0.25) is 0 Å². The van der Waals surface area contributed by atoms with Crippen LogP contribution in [0.1, 0.15) is 21.6 Å². The van der Waals surface area contributed by atoms with Crippen LogP contribution in [0.5, 0.6) is 5.75 Å². The minimum absolute atomic E-state index is 0.341. The number of hydrogen-bond acceptors (Lipinski definition) is 4. The fourth-order valence-electron chi connectivity index (χ4n) is 2.44. The number of carbonyl (C=O) groups is 1. The monoisotopic (exact) mass is 334 g/mol. The summed E-state index contributed by atoms with van der Waals surface area (Å²) in [5, 5.41) is 11.0. The van der Waals surface area contributed by atoms with Gasteiger partial charge in [-0.05, 0) is 24.6 Å². The molecule has 2 N–H and O–H groups in total. The Morgan fingerprint density at radius 3 is 2.76 bits per heavy atom. The number of hydrogen-bond donors (Lipinski definition) is 2. The van der Waals surface area contributed by atoms with E-state index >= 15 is 0 Å². The number of methoxy groups -OCH3 is 1. The zero-order valence-electron chi connectivity index (χ0n) is 14.0. The maximum atomic E-state index is 12.3. The molecule has 3 rings (SSSR count). The molecule has 1 heterocycles. The van der Waals surface area contributed by atoms with Gasteiger partial charge >= 0.3 is 0 Å². The molecule has 6 nitrogen and oxygen atoms in total. The maximum Gasteiger partial charge on any atom is 0.289 e. The fraction of sp³-hybridized carbons (Fsp3) is 0.105. The lowest BCUT2D eigenvalue weighted by Crippen LogP contribution is -2.19.